The van der Waals surface area contributed by atoms with Crippen molar-refractivity contribution in [3.8, 4) is 38.5 Å². The highest BCUT2D eigenvalue weighted by molar-refractivity contribution is 4.99. The molecule has 0 nitrogen and oxygen atoms in total. The Morgan fingerprint density at radius 3 is 0.500 bits per heavy atom. The van der Waals surface area contributed by atoms with Crippen LogP contribution in [0.25, 0.3) is 0 Å². The molecule has 0 radical (unpaired) electrons. The third-order valence-electron chi connectivity index (χ3n) is 0.667. The molecule has 12 heavy (non-hydrogen) atoms. The van der Waals surface area contributed by atoms with Crippen LogP contribution in [-0.4, -0.2) is 0 Å². The molecule has 1 rings (SSSR count). The molecule has 0 aromatic heterocycles. The van der Waals surface area contributed by atoms with Crippen molar-refractivity contribution in [2.45, 2.75) is 0 Å². The van der Waals surface area contributed by atoms with E-state index in [2.05, 4.69) is 38.5 Å². The van der Waals surface area contributed by atoms with Crippen LogP contribution in [0.3, 0.4) is 0 Å². The van der Waals surface area contributed by atoms with Gasteiger partial charge in [0.15, 0.2) is 0 Å². The van der Waals surface area contributed by atoms with Gasteiger partial charge in [0, 0.05) is 0 Å². The highest BCUT2D eigenvalue weighted by atomic mass is 13.6. The smallest absolute Gasteiger partial charge is 0.0623 e. The van der Waals surface area contributed by atoms with Gasteiger partial charge in [-0.05, 0) is 0 Å². The monoisotopic (exact) mass is 156 g/mol. The van der Waals surface area contributed by atoms with Crippen molar-refractivity contribution >= 4 is 0 Å². The molecule has 0 spiro atoms. The third kappa shape index (κ3) is 24.7. The summed E-state index contributed by atoms with van der Waals surface area (Å²) in [5, 5.41) is 0. The van der Waals surface area contributed by atoms with Gasteiger partial charge in [-0.2, -0.15) is 0 Å². The van der Waals surface area contributed by atoms with Crippen LogP contribution in [0.5, 0.6) is 0 Å². The molecule has 0 fully saturated rings. The zero-order valence-corrected chi connectivity index (χ0v) is 6.93. The van der Waals surface area contributed by atoms with E-state index in [9.17, 15) is 0 Å². The van der Waals surface area contributed by atoms with Crippen molar-refractivity contribution < 1.29 is 0 Å². The molecule has 0 heteroatoms. The predicted octanol–water partition coefficient (Wildman–Crippen LogP) is 2.43. The average molecular weight is 156 g/mol. The molecule has 0 saturated carbocycles. The summed E-state index contributed by atoms with van der Waals surface area (Å²) in [7, 11) is 0. The van der Waals surface area contributed by atoms with E-state index in [1.165, 1.54) is 0 Å². The van der Waals surface area contributed by atoms with E-state index >= 15 is 0 Å². The van der Waals surface area contributed by atoms with Gasteiger partial charge in [0.2, 0.25) is 0 Å². The molecule has 0 aliphatic heterocycles. The van der Waals surface area contributed by atoms with Crippen LogP contribution in [0, 0.1) is 38.5 Å². The van der Waals surface area contributed by atoms with Crippen LogP contribution in [0.1, 0.15) is 0 Å². The van der Waals surface area contributed by atoms with E-state index in [0.29, 0.717) is 0 Å². The fourth-order valence-corrected chi connectivity index (χ4v) is 0.385. The number of terminal acetylenes is 3. The van der Waals surface area contributed by atoms with Gasteiger partial charge in [-0.3, -0.25) is 0 Å². The summed E-state index contributed by atoms with van der Waals surface area (Å²) in [6, 6.07) is 12.0. The topological polar surface area (TPSA) is 0 Å². The van der Waals surface area contributed by atoms with Crippen LogP contribution in [-0.2, 0) is 0 Å². The van der Waals surface area contributed by atoms with E-state index in [1.54, 1.807) is 0 Å². The molecule has 0 aliphatic rings. The normalized spacial score (nSPS) is 4.50. The van der Waals surface area contributed by atoms with E-state index in [4.69, 9.17) is 0 Å². The van der Waals surface area contributed by atoms with Gasteiger partial charge in [0.25, 0.3) is 0 Å². The van der Waals surface area contributed by atoms with Gasteiger partial charge >= 0.3 is 0 Å². The molecule has 1 aromatic carbocycles. The summed E-state index contributed by atoms with van der Waals surface area (Å²) in [6.07, 6.45) is 24.0. The summed E-state index contributed by atoms with van der Waals surface area (Å²) in [6.45, 7) is 0. The second-order valence-electron chi connectivity index (χ2n) is 1.15. The van der Waals surface area contributed by atoms with Crippen LogP contribution in [0.15, 0.2) is 36.4 Å². The Morgan fingerprint density at radius 1 is 0.333 bits per heavy atom. The molecular weight excluding hydrogens is 144 g/mol. The van der Waals surface area contributed by atoms with Crippen LogP contribution in [0.2, 0.25) is 0 Å². The van der Waals surface area contributed by atoms with Crippen molar-refractivity contribution in [1.29, 1.82) is 0 Å². The summed E-state index contributed by atoms with van der Waals surface area (Å²) < 4.78 is 0. The molecule has 1 aromatic rings. The molecule has 0 saturated heterocycles. The molecule has 0 atom stereocenters. The van der Waals surface area contributed by atoms with Gasteiger partial charge in [-0.1, -0.05) is 36.4 Å². The third-order valence-corrected chi connectivity index (χ3v) is 0.667. The van der Waals surface area contributed by atoms with Crippen LogP contribution in [0.4, 0.5) is 0 Å². The van der Waals surface area contributed by atoms with Crippen LogP contribution < -0.4 is 0 Å². The van der Waals surface area contributed by atoms with Crippen molar-refractivity contribution in [3.05, 3.63) is 36.4 Å². The molecule has 60 valence electrons. The molecule has 0 unspecified atom stereocenters. The Kier molecular flexibility index (Phi) is 50.1. The highest BCUT2D eigenvalue weighted by Gasteiger charge is 1.57. The summed E-state index contributed by atoms with van der Waals surface area (Å²) in [4.78, 5) is 0. The van der Waals surface area contributed by atoms with Crippen LogP contribution >= 0.6 is 0 Å². The Balaban J connectivity index is -0.000000117. The van der Waals surface area contributed by atoms with Crippen molar-refractivity contribution in [1.82, 2.24) is 0 Å². The number of hydrogen-bond donors (Lipinski definition) is 0. The predicted molar refractivity (Wildman–Crippen MR) is 56.1 cm³/mol. The molecule has 0 amide bonds. The fourth-order valence-electron chi connectivity index (χ4n) is 0.385. The second kappa shape index (κ2) is 36.5. The minimum atomic E-state index is 2.00. The Hall–Kier alpha value is -2.10. The second-order valence-corrected chi connectivity index (χ2v) is 1.15. The lowest BCUT2D eigenvalue weighted by Crippen LogP contribution is -1.47. The maximum atomic E-state index is 4.00. The van der Waals surface area contributed by atoms with Gasteiger partial charge in [-0.15, -0.1) is 38.5 Å². The first-order valence-electron chi connectivity index (χ1n) is 3.00. The highest BCUT2D eigenvalue weighted by Crippen LogP contribution is 1.79. The van der Waals surface area contributed by atoms with E-state index in [-0.39, 0.29) is 0 Å². The Labute approximate surface area is 75.6 Å². The molecule has 0 heterocycles. The lowest BCUT2D eigenvalue weighted by Gasteiger charge is -1.69. The first kappa shape index (κ1) is 16.5. The zero-order chi connectivity index (χ0) is 10.2. The number of benzene rings is 1. The lowest BCUT2D eigenvalue weighted by atomic mass is 10.4. The van der Waals surface area contributed by atoms with Gasteiger partial charge < -0.3 is 0 Å². The largest absolute Gasteiger partial charge is 0.124 e. The first-order chi connectivity index (χ1) is 6.00. The average Bonchev–Trinajstić information content (AvgIpc) is 2.29. The van der Waals surface area contributed by atoms with Gasteiger partial charge in [0.05, 0.1) is 0 Å². The zero-order valence-electron chi connectivity index (χ0n) is 6.93. The van der Waals surface area contributed by atoms with Gasteiger partial charge in [-0.25, -0.2) is 0 Å². The molecule has 0 N–H and O–H groups in total. The van der Waals surface area contributed by atoms with E-state index in [1.807, 2.05) is 36.4 Å². The van der Waals surface area contributed by atoms with Crippen molar-refractivity contribution in [2.75, 3.05) is 0 Å². The minimum Gasteiger partial charge on any atom is -0.124 e. The summed E-state index contributed by atoms with van der Waals surface area (Å²) in [5.41, 5.74) is 0. The Bertz CT molecular complexity index is 147. The van der Waals surface area contributed by atoms with Gasteiger partial charge in [0.1, 0.15) is 0 Å². The maximum Gasteiger partial charge on any atom is -0.0623 e. The standard InChI is InChI=1S/C6H6.3C2H2/c1-2-4-6-5-3-1;3*1-2/h1-6H;3*1-2H. The number of hydrogen-bond acceptors (Lipinski definition) is 0. The quantitative estimate of drug-likeness (QED) is 0.506. The lowest BCUT2D eigenvalue weighted by molar-refractivity contribution is 1.72. The van der Waals surface area contributed by atoms with Crippen molar-refractivity contribution in [2.24, 2.45) is 0 Å². The summed E-state index contributed by atoms with van der Waals surface area (Å²) in [5.74, 6) is 0. The van der Waals surface area contributed by atoms with Crippen molar-refractivity contribution in [3.63, 3.8) is 0 Å². The van der Waals surface area contributed by atoms with E-state index < -0.39 is 0 Å². The molecule has 0 bridgehead atoms. The SMILES string of the molecule is C#C.C#C.C#C.c1ccccc1. The summed E-state index contributed by atoms with van der Waals surface area (Å²) >= 11 is 0. The van der Waals surface area contributed by atoms with E-state index in [0.717, 1.165) is 0 Å². The first-order valence-corrected chi connectivity index (χ1v) is 3.00. The minimum absolute atomic E-state index is 2.00. The maximum absolute atomic E-state index is 4.00. The number of rotatable bonds is 0. The molecular formula is C12H12. The Morgan fingerprint density at radius 2 is 0.417 bits per heavy atom. The fraction of sp³-hybridized carbons (Fsp3) is 0. The molecule has 0 aliphatic carbocycles.